The highest BCUT2D eigenvalue weighted by molar-refractivity contribution is 7.81. The number of rotatable bonds is 2. The van der Waals surface area contributed by atoms with E-state index in [0.717, 1.165) is 0 Å². The van der Waals surface area contributed by atoms with E-state index in [1.807, 2.05) is 20.8 Å². The Hall–Kier alpha value is -0.710. The normalized spacial score (nSPS) is 24.4. The molecule has 2 atom stereocenters. The van der Waals surface area contributed by atoms with Gasteiger partial charge in [-0.05, 0) is 5.41 Å². The lowest BCUT2D eigenvalue weighted by Crippen LogP contribution is -2.50. The fourth-order valence-corrected chi connectivity index (χ4v) is 2.27. The van der Waals surface area contributed by atoms with Gasteiger partial charge in [0.05, 0.1) is 0 Å². The van der Waals surface area contributed by atoms with Gasteiger partial charge in [0.25, 0.3) is 0 Å². The van der Waals surface area contributed by atoms with Crippen molar-refractivity contribution in [3.63, 3.8) is 0 Å². The molecule has 0 aliphatic carbocycles. The summed E-state index contributed by atoms with van der Waals surface area (Å²) in [7, 11) is 0. The highest BCUT2D eigenvalue weighted by Crippen LogP contribution is 2.29. The molecule has 1 amide bonds. The number of carboxylic acid groups (broad SMARTS) is 1. The third-order valence-electron chi connectivity index (χ3n) is 2.50. The van der Waals surface area contributed by atoms with E-state index < -0.39 is 17.4 Å². The van der Waals surface area contributed by atoms with Crippen LogP contribution in [0, 0.1) is 5.41 Å². The lowest BCUT2D eigenvalue weighted by Gasteiger charge is -2.34. The standard InChI is InChI=1S/C10H17NO3S/c1-10(2,3)8(9(13)14)11-5-6(15)4-7(11)12/h6,8,15H,4-5H2,1-3H3,(H,13,14)/t6?,8-/m1/s1. The van der Waals surface area contributed by atoms with Gasteiger partial charge in [0.15, 0.2) is 0 Å². The Morgan fingerprint density at radius 1 is 1.60 bits per heavy atom. The monoisotopic (exact) mass is 231 g/mol. The van der Waals surface area contributed by atoms with Crippen LogP contribution in [0.15, 0.2) is 0 Å². The second kappa shape index (κ2) is 4.04. The Morgan fingerprint density at radius 3 is 2.40 bits per heavy atom. The quantitative estimate of drug-likeness (QED) is 0.698. The molecule has 1 aliphatic heterocycles. The summed E-state index contributed by atoms with van der Waals surface area (Å²) in [5, 5.41) is 9.11. The first-order chi connectivity index (χ1) is 6.73. The molecule has 1 unspecified atom stereocenters. The van der Waals surface area contributed by atoms with Crippen LogP contribution in [0.25, 0.3) is 0 Å². The summed E-state index contributed by atoms with van der Waals surface area (Å²) >= 11 is 4.21. The number of carbonyl (C=O) groups is 2. The van der Waals surface area contributed by atoms with Crippen LogP contribution in [0.3, 0.4) is 0 Å². The van der Waals surface area contributed by atoms with Crippen molar-refractivity contribution in [2.45, 2.75) is 38.5 Å². The summed E-state index contributed by atoms with van der Waals surface area (Å²) < 4.78 is 0. The fourth-order valence-electron chi connectivity index (χ4n) is 1.93. The summed E-state index contributed by atoms with van der Waals surface area (Å²) in [6.07, 6.45) is 0.336. The van der Waals surface area contributed by atoms with Crippen LogP contribution in [0.2, 0.25) is 0 Å². The summed E-state index contributed by atoms with van der Waals surface area (Å²) in [5.74, 6) is -1.06. The van der Waals surface area contributed by atoms with Crippen molar-refractivity contribution in [3.05, 3.63) is 0 Å². The average molecular weight is 231 g/mol. The van der Waals surface area contributed by atoms with Crippen LogP contribution < -0.4 is 0 Å². The topological polar surface area (TPSA) is 57.6 Å². The van der Waals surface area contributed by atoms with Crippen LogP contribution in [-0.2, 0) is 9.59 Å². The summed E-state index contributed by atoms with van der Waals surface area (Å²) in [6, 6.07) is -0.762. The van der Waals surface area contributed by atoms with E-state index in [1.165, 1.54) is 4.90 Å². The average Bonchev–Trinajstić information content (AvgIpc) is 2.26. The van der Waals surface area contributed by atoms with Gasteiger partial charge >= 0.3 is 5.97 Å². The van der Waals surface area contributed by atoms with Crippen molar-refractivity contribution in [2.24, 2.45) is 5.41 Å². The van der Waals surface area contributed by atoms with Crippen molar-refractivity contribution in [2.75, 3.05) is 6.54 Å². The fraction of sp³-hybridized carbons (Fsp3) is 0.800. The van der Waals surface area contributed by atoms with Gasteiger partial charge in [0.2, 0.25) is 5.91 Å². The van der Waals surface area contributed by atoms with E-state index in [2.05, 4.69) is 12.6 Å². The molecule has 0 aromatic rings. The van der Waals surface area contributed by atoms with Crippen LogP contribution in [-0.4, -0.2) is 39.7 Å². The van der Waals surface area contributed by atoms with Crippen molar-refractivity contribution < 1.29 is 14.7 Å². The molecule has 5 heteroatoms. The molecule has 15 heavy (non-hydrogen) atoms. The number of hydrogen-bond donors (Lipinski definition) is 2. The Labute approximate surface area is 95.1 Å². The number of nitrogens with zero attached hydrogens (tertiary/aromatic N) is 1. The number of hydrogen-bond acceptors (Lipinski definition) is 3. The second-order valence-corrected chi connectivity index (χ2v) is 5.74. The van der Waals surface area contributed by atoms with Gasteiger partial charge in [-0.15, -0.1) is 0 Å². The molecule has 1 N–H and O–H groups in total. The van der Waals surface area contributed by atoms with Gasteiger partial charge < -0.3 is 10.0 Å². The molecule has 1 fully saturated rings. The van der Waals surface area contributed by atoms with E-state index in [4.69, 9.17) is 5.11 Å². The lowest BCUT2D eigenvalue weighted by atomic mass is 9.86. The van der Waals surface area contributed by atoms with Gasteiger partial charge in [0, 0.05) is 18.2 Å². The lowest BCUT2D eigenvalue weighted by molar-refractivity contribution is -0.153. The first-order valence-corrected chi connectivity index (χ1v) is 5.45. The second-order valence-electron chi connectivity index (χ2n) is 5.01. The molecule has 0 saturated carbocycles. The van der Waals surface area contributed by atoms with Crippen LogP contribution in [0.5, 0.6) is 0 Å². The van der Waals surface area contributed by atoms with Crippen molar-refractivity contribution in [1.82, 2.24) is 4.90 Å². The number of thiol groups is 1. The summed E-state index contributed by atoms with van der Waals surface area (Å²) in [5.41, 5.74) is -0.459. The molecule has 1 rings (SSSR count). The van der Waals surface area contributed by atoms with Gasteiger partial charge in [-0.3, -0.25) is 4.79 Å². The van der Waals surface area contributed by atoms with Crippen molar-refractivity contribution >= 4 is 24.5 Å². The van der Waals surface area contributed by atoms with Crippen LogP contribution >= 0.6 is 12.6 Å². The van der Waals surface area contributed by atoms with E-state index in [-0.39, 0.29) is 11.2 Å². The Bertz CT molecular complexity index is 285. The first-order valence-electron chi connectivity index (χ1n) is 4.94. The minimum atomic E-state index is -0.946. The maximum Gasteiger partial charge on any atom is 0.326 e. The van der Waals surface area contributed by atoms with Gasteiger partial charge in [-0.2, -0.15) is 12.6 Å². The maximum absolute atomic E-state index is 11.6. The Balaban J connectivity index is 2.91. The zero-order valence-corrected chi connectivity index (χ0v) is 10.1. The molecule has 0 aromatic heterocycles. The number of carboxylic acids is 1. The SMILES string of the molecule is CC(C)(C)[C@@H](C(=O)O)N1CC(S)CC1=O. The number of carbonyl (C=O) groups excluding carboxylic acids is 1. The molecule has 86 valence electrons. The molecule has 4 nitrogen and oxygen atoms in total. The third-order valence-corrected chi connectivity index (χ3v) is 2.85. The highest BCUT2D eigenvalue weighted by atomic mass is 32.1. The molecule has 1 heterocycles. The molecule has 0 bridgehead atoms. The van der Waals surface area contributed by atoms with Crippen LogP contribution in [0.1, 0.15) is 27.2 Å². The van der Waals surface area contributed by atoms with Crippen molar-refractivity contribution in [1.29, 1.82) is 0 Å². The van der Waals surface area contributed by atoms with Crippen molar-refractivity contribution in [3.8, 4) is 0 Å². The largest absolute Gasteiger partial charge is 0.480 e. The van der Waals surface area contributed by atoms with E-state index in [0.29, 0.717) is 13.0 Å². The maximum atomic E-state index is 11.6. The number of likely N-dealkylation sites (tertiary alicyclic amines) is 1. The van der Waals surface area contributed by atoms with E-state index in [9.17, 15) is 9.59 Å². The molecule has 1 saturated heterocycles. The Kier molecular flexibility index (Phi) is 3.33. The highest BCUT2D eigenvalue weighted by Gasteiger charge is 2.42. The first kappa shape index (κ1) is 12.4. The molecule has 0 radical (unpaired) electrons. The number of aliphatic carboxylic acids is 1. The smallest absolute Gasteiger partial charge is 0.326 e. The minimum Gasteiger partial charge on any atom is -0.480 e. The zero-order valence-electron chi connectivity index (χ0n) is 9.23. The predicted molar refractivity (Wildman–Crippen MR) is 60.0 cm³/mol. The number of amides is 1. The zero-order chi connectivity index (χ0) is 11.8. The van der Waals surface area contributed by atoms with Gasteiger partial charge in [-0.1, -0.05) is 20.8 Å². The van der Waals surface area contributed by atoms with Gasteiger partial charge in [-0.25, -0.2) is 4.79 Å². The Morgan fingerprint density at radius 2 is 2.13 bits per heavy atom. The van der Waals surface area contributed by atoms with Crippen LogP contribution in [0.4, 0.5) is 0 Å². The third kappa shape index (κ3) is 2.65. The molecular weight excluding hydrogens is 214 g/mol. The summed E-state index contributed by atoms with van der Waals surface area (Å²) in [6.45, 7) is 5.90. The molecule has 1 aliphatic rings. The molecule has 0 aromatic carbocycles. The van der Waals surface area contributed by atoms with E-state index in [1.54, 1.807) is 0 Å². The summed E-state index contributed by atoms with van der Waals surface area (Å²) in [4.78, 5) is 24.2. The molecule has 0 spiro atoms. The minimum absolute atomic E-state index is 0.0401. The van der Waals surface area contributed by atoms with Gasteiger partial charge in [0.1, 0.15) is 6.04 Å². The van der Waals surface area contributed by atoms with E-state index >= 15 is 0 Å². The molecular formula is C10H17NO3S. The predicted octanol–water partition coefficient (Wildman–Crippen LogP) is 1.02.